The van der Waals surface area contributed by atoms with Crippen LogP contribution in [-0.2, 0) is 9.59 Å². The van der Waals surface area contributed by atoms with Crippen LogP contribution >= 0.6 is 0 Å². The van der Waals surface area contributed by atoms with E-state index >= 15 is 0 Å². The van der Waals surface area contributed by atoms with Crippen LogP contribution in [0.25, 0.3) is 0 Å². The van der Waals surface area contributed by atoms with Gasteiger partial charge in [0, 0.05) is 25.6 Å². The fraction of sp³-hybridized carbons (Fsp3) is 0.286. The Labute approximate surface area is 173 Å². The van der Waals surface area contributed by atoms with E-state index in [1.807, 2.05) is 6.92 Å². The minimum atomic E-state index is -0.819. The number of hydrogen-bond donors (Lipinski definition) is 2. The quantitative estimate of drug-likeness (QED) is 0.741. The number of hydrogen-bond acceptors (Lipinski definition) is 5. The van der Waals surface area contributed by atoms with Gasteiger partial charge in [-0.1, -0.05) is 18.2 Å². The number of amides is 4. The zero-order chi connectivity index (χ0) is 21.3. The normalized spacial score (nSPS) is 19.9. The van der Waals surface area contributed by atoms with E-state index in [4.69, 9.17) is 0 Å². The van der Waals surface area contributed by atoms with Crippen LogP contribution in [0.5, 0.6) is 0 Å². The molecule has 3 heterocycles. The van der Waals surface area contributed by atoms with E-state index in [9.17, 15) is 19.2 Å². The number of carbonyl (C=O) groups is 4. The van der Waals surface area contributed by atoms with E-state index in [0.29, 0.717) is 24.1 Å². The van der Waals surface area contributed by atoms with Gasteiger partial charge in [-0.05, 0) is 37.6 Å². The maximum Gasteiger partial charge on any atom is 0.288 e. The van der Waals surface area contributed by atoms with E-state index in [1.54, 1.807) is 46.2 Å². The van der Waals surface area contributed by atoms with Gasteiger partial charge in [0.1, 0.15) is 11.4 Å². The third-order valence-electron chi connectivity index (χ3n) is 5.52. The molecule has 9 heteroatoms. The van der Waals surface area contributed by atoms with Gasteiger partial charge in [-0.3, -0.25) is 39.9 Å². The summed E-state index contributed by atoms with van der Waals surface area (Å²) in [5, 5.41) is 0. The first-order valence-corrected chi connectivity index (χ1v) is 9.66. The number of rotatable bonds is 4. The second-order valence-electron chi connectivity index (χ2n) is 7.39. The predicted octanol–water partition coefficient (Wildman–Crippen LogP) is 1.23. The molecule has 2 aliphatic heterocycles. The predicted molar refractivity (Wildman–Crippen MR) is 107 cm³/mol. The van der Waals surface area contributed by atoms with Crippen molar-refractivity contribution in [3.63, 3.8) is 0 Å². The number of anilines is 1. The maximum atomic E-state index is 13.1. The Bertz CT molecular complexity index is 1030. The highest BCUT2D eigenvalue weighted by molar-refractivity contribution is 6.10. The lowest BCUT2D eigenvalue weighted by atomic mass is 9.98. The molecule has 0 aliphatic carbocycles. The van der Waals surface area contributed by atoms with Crippen molar-refractivity contribution >= 4 is 29.3 Å². The Morgan fingerprint density at radius 3 is 2.63 bits per heavy atom. The molecule has 2 N–H and O–H groups in total. The largest absolute Gasteiger partial charge is 0.315 e. The summed E-state index contributed by atoms with van der Waals surface area (Å²) in [5.41, 5.74) is 5.05. The van der Waals surface area contributed by atoms with Crippen LogP contribution in [0.15, 0.2) is 48.7 Å². The van der Waals surface area contributed by atoms with Gasteiger partial charge in [0.15, 0.2) is 0 Å². The van der Waals surface area contributed by atoms with Gasteiger partial charge in [-0.15, -0.1) is 0 Å². The lowest BCUT2D eigenvalue weighted by Gasteiger charge is -2.48. The monoisotopic (exact) mass is 407 g/mol. The van der Waals surface area contributed by atoms with Crippen molar-refractivity contribution in [2.24, 2.45) is 0 Å². The molecule has 1 saturated heterocycles. The van der Waals surface area contributed by atoms with E-state index in [0.717, 1.165) is 0 Å². The molecule has 0 bridgehead atoms. The number of para-hydroxylation sites is 1. The molecule has 30 heavy (non-hydrogen) atoms. The second-order valence-corrected chi connectivity index (χ2v) is 7.39. The molecule has 1 fully saturated rings. The van der Waals surface area contributed by atoms with Gasteiger partial charge in [-0.25, -0.2) is 0 Å². The Morgan fingerprint density at radius 2 is 1.87 bits per heavy atom. The number of nitrogens with one attached hydrogen (secondary N) is 2. The van der Waals surface area contributed by atoms with Crippen molar-refractivity contribution in [3.8, 4) is 0 Å². The lowest BCUT2D eigenvalue weighted by Crippen LogP contribution is -2.62. The summed E-state index contributed by atoms with van der Waals surface area (Å²) in [4.78, 5) is 57.0. The molecule has 9 nitrogen and oxygen atoms in total. The summed E-state index contributed by atoms with van der Waals surface area (Å²) in [6.45, 7) is 1.95. The van der Waals surface area contributed by atoms with Crippen LogP contribution in [0.1, 0.15) is 47.0 Å². The van der Waals surface area contributed by atoms with E-state index < -0.39 is 17.5 Å². The van der Waals surface area contributed by atoms with Crippen molar-refractivity contribution < 1.29 is 19.2 Å². The number of hydrazine groups is 1. The van der Waals surface area contributed by atoms with E-state index in [-0.39, 0.29) is 30.5 Å². The van der Waals surface area contributed by atoms with Gasteiger partial charge in [0.25, 0.3) is 11.8 Å². The fourth-order valence-corrected chi connectivity index (χ4v) is 4.00. The smallest absolute Gasteiger partial charge is 0.288 e. The van der Waals surface area contributed by atoms with Crippen LogP contribution in [0.4, 0.5) is 5.69 Å². The van der Waals surface area contributed by atoms with Gasteiger partial charge < -0.3 is 4.90 Å². The maximum absolute atomic E-state index is 13.1. The fourth-order valence-electron chi connectivity index (χ4n) is 4.00. The third-order valence-corrected chi connectivity index (χ3v) is 5.52. The molecule has 0 radical (unpaired) electrons. The van der Waals surface area contributed by atoms with Gasteiger partial charge in [-0.2, -0.15) is 0 Å². The van der Waals surface area contributed by atoms with Crippen molar-refractivity contribution in [1.82, 2.24) is 20.7 Å². The first kappa shape index (κ1) is 19.6. The summed E-state index contributed by atoms with van der Waals surface area (Å²) in [7, 11) is 0. The number of pyridine rings is 1. The molecular weight excluding hydrogens is 386 g/mol. The highest BCUT2D eigenvalue weighted by Crippen LogP contribution is 2.43. The van der Waals surface area contributed by atoms with Crippen LogP contribution in [0.2, 0.25) is 0 Å². The molecule has 2 aliphatic rings. The zero-order valence-corrected chi connectivity index (χ0v) is 16.4. The van der Waals surface area contributed by atoms with Gasteiger partial charge in [0.2, 0.25) is 11.8 Å². The molecular formula is C21H21N5O4. The first-order chi connectivity index (χ1) is 14.4. The first-order valence-electron chi connectivity index (χ1n) is 9.66. The molecule has 0 saturated carbocycles. The van der Waals surface area contributed by atoms with Crippen LogP contribution < -0.4 is 15.8 Å². The zero-order valence-electron chi connectivity index (χ0n) is 16.4. The average Bonchev–Trinajstić information content (AvgIpc) is 3.07. The summed E-state index contributed by atoms with van der Waals surface area (Å²) in [5.74, 6) is -1.25. The van der Waals surface area contributed by atoms with Crippen LogP contribution in [0.3, 0.4) is 0 Å². The second kappa shape index (κ2) is 7.58. The standard InChI is InChI=1S/C21H21N5O4/c1-21-11-9-18(28)26(21)16-8-3-2-6-14(16)20(30)25(21)13-10-17(27)23-24-19(29)15-7-4-5-12-22-15/h2-8,12H,9-11,13H2,1H3,(H,23,27)(H,24,29)/t21-/m0/s1. The van der Waals surface area contributed by atoms with Gasteiger partial charge >= 0.3 is 0 Å². The van der Waals surface area contributed by atoms with Crippen molar-refractivity contribution in [3.05, 3.63) is 59.9 Å². The molecule has 0 unspecified atom stereocenters. The molecule has 4 amide bonds. The topological polar surface area (TPSA) is 112 Å². The summed E-state index contributed by atoms with van der Waals surface area (Å²) in [6, 6.07) is 11.9. The highest BCUT2D eigenvalue weighted by atomic mass is 16.2. The van der Waals surface area contributed by atoms with E-state index in [1.165, 1.54) is 12.3 Å². The molecule has 0 spiro atoms. The highest BCUT2D eigenvalue weighted by Gasteiger charge is 2.52. The van der Waals surface area contributed by atoms with Gasteiger partial charge in [0.05, 0.1) is 11.3 Å². The van der Waals surface area contributed by atoms with Crippen LogP contribution in [-0.4, -0.2) is 45.7 Å². The summed E-state index contributed by atoms with van der Waals surface area (Å²) >= 11 is 0. The number of nitrogens with zero attached hydrogens (tertiary/aromatic N) is 3. The van der Waals surface area contributed by atoms with Crippen molar-refractivity contribution in [2.45, 2.75) is 31.8 Å². The molecule has 1 aromatic heterocycles. The Morgan fingerprint density at radius 1 is 1.10 bits per heavy atom. The van der Waals surface area contributed by atoms with Crippen molar-refractivity contribution in [1.29, 1.82) is 0 Å². The minimum absolute atomic E-state index is 0.0337. The number of carbonyl (C=O) groups excluding carboxylic acids is 4. The molecule has 154 valence electrons. The van der Waals surface area contributed by atoms with Crippen LogP contribution in [0, 0.1) is 0 Å². The molecule has 1 atom stereocenters. The Hall–Kier alpha value is -3.75. The van der Waals surface area contributed by atoms with Crippen molar-refractivity contribution in [2.75, 3.05) is 11.4 Å². The summed E-state index contributed by atoms with van der Waals surface area (Å²) in [6.07, 6.45) is 2.27. The summed E-state index contributed by atoms with van der Waals surface area (Å²) < 4.78 is 0. The number of aromatic nitrogens is 1. The molecule has 2 aromatic rings. The Balaban J connectivity index is 1.44. The minimum Gasteiger partial charge on any atom is -0.315 e. The lowest BCUT2D eigenvalue weighted by molar-refractivity contribution is -0.122. The average molecular weight is 407 g/mol. The third kappa shape index (κ3) is 3.28. The number of fused-ring (bicyclic) bond motifs is 3. The molecule has 1 aromatic carbocycles. The van der Waals surface area contributed by atoms with E-state index in [2.05, 4.69) is 15.8 Å². The Kier molecular flexibility index (Phi) is 4.94. The SMILES string of the molecule is C[C@@]12CCC(=O)N1c1ccccc1C(=O)N2CCC(=O)NNC(=O)c1ccccn1. The number of benzene rings is 1. The molecule has 4 rings (SSSR count).